The van der Waals surface area contributed by atoms with Gasteiger partial charge in [-0.1, -0.05) is 24.3 Å². The molecule has 0 saturated heterocycles. The van der Waals surface area contributed by atoms with E-state index in [1.165, 1.54) is 0 Å². The molecule has 2 atom stereocenters. The van der Waals surface area contributed by atoms with Crippen LogP contribution in [0.5, 0.6) is 0 Å². The quantitative estimate of drug-likeness (QED) is 0.717. The molecule has 1 heterocycles. The van der Waals surface area contributed by atoms with Crippen LogP contribution >= 0.6 is 0 Å². The molecule has 1 aliphatic heterocycles. The summed E-state index contributed by atoms with van der Waals surface area (Å²) < 4.78 is 0. The van der Waals surface area contributed by atoms with Gasteiger partial charge in [0.2, 0.25) is 0 Å². The summed E-state index contributed by atoms with van der Waals surface area (Å²) in [6.45, 7) is 0. The highest BCUT2D eigenvalue weighted by atomic mass is 16.4. The Bertz CT molecular complexity index is 341. The Balaban J connectivity index is 2.13. The van der Waals surface area contributed by atoms with E-state index in [-0.39, 0.29) is 6.42 Å². The van der Waals surface area contributed by atoms with E-state index in [4.69, 9.17) is 5.11 Å². The lowest BCUT2D eigenvalue weighted by atomic mass is 9.92. The summed E-state index contributed by atoms with van der Waals surface area (Å²) in [6.07, 6.45) is 10.3. The van der Waals surface area contributed by atoms with Crippen molar-refractivity contribution in [1.29, 1.82) is 0 Å². The van der Waals surface area contributed by atoms with Gasteiger partial charge in [-0.25, -0.2) is 0 Å². The molecule has 0 saturated carbocycles. The van der Waals surface area contributed by atoms with Crippen LogP contribution in [0, 0.1) is 5.92 Å². The number of rotatable bonds is 2. The molecule has 14 heavy (non-hydrogen) atoms. The van der Waals surface area contributed by atoms with Gasteiger partial charge in [-0.05, 0) is 11.8 Å². The fourth-order valence-corrected chi connectivity index (χ4v) is 1.93. The highest BCUT2D eigenvalue weighted by molar-refractivity contribution is 5.71. The molecule has 0 fully saturated rings. The molecule has 0 bridgehead atoms. The zero-order valence-corrected chi connectivity index (χ0v) is 8.05. The largest absolute Gasteiger partial charge is 0.481 e. The summed E-state index contributed by atoms with van der Waals surface area (Å²) in [5.74, 6) is -0.356. The molecule has 0 aromatic rings. The third-order valence-corrected chi connectivity index (χ3v) is 2.68. The first kappa shape index (κ1) is 9.06. The first-order valence-corrected chi connectivity index (χ1v) is 4.68. The van der Waals surface area contributed by atoms with Crippen LogP contribution < -0.4 is 0 Å². The molecular formula is C11H13NO2. The molecule has 2 rings (SSSR count). The van der Waals surface area contributed by atoms with Gasteiger partial charge < -0.3 is 10.0 Å². The van der Waals surface area contributed by atoms with Gasteiger partial charge in [-0.2, -0.15) is 0 Å². The lowest BCUT2D eigenvalue weighted by Gasteiger charge is -2.25. The molecule has 0 aromatic heterocycles. The fraction of sp³-hybridized carbons (Fsp3) is 0.364. The van der Waals surface area contributed by atoms with Crippen LogP contribution in [-0.2, 0) is 4.79 Å². The van der Waals surface area contributed by atoms with E-state index in [9.17, 15) is 4.79 Å². The molecule has 1 aliphatic carbocycles. The first-order chi connectivity index (χ1) is 6.66. The maximum atomic E-state index is 10.5. The topological polar surface area (TPSA) is 40.5 Å². The molecular weight excluding hydrogens is 178 g/mol. The van der Waals surface area contributed by atoms with E-state index >= 15 is 0 Å². The van der Waals surface area contributed by atoms with Crippen LogP contribution in [0.1, 0.15) is 6.42 Å². The normalized spacial score (nSPS) is 28.9. The minimum absolute atomic E-state index is 0.119. The Morgan fingerprint density at radius 3 is 3.07 bits per heavy atom. The predicted molar refractivity (Wildman–Crippen MR) is 53.7 cm³/mol. The smallest absolute Gasteiger partial charge is 0.307 e. The van der Waals surface area contributed by atoms with Crippen LogP contribution in [0.4, 0.5) is 0 Å². The molecule has 0 aromatic carbocycles. The van der Waals surface area contributed by atoms with Crippen molar-refractivity contribution in [3.63, 3.8) is 0 Å². The van der Waals surface area contributed by atoms with Crippen LogP contribution in [-0.4, -0.2) is 29.1 Å². The van der Waals surface area contributed by atoms with E-state index in [2.05, 4.69) is 17.1 Å². The number of carboxylic acid groups (broad SMARTS) is 1. The van der Waals surface area contributed by atoms with Gasteiger partial charge in [0, 0.05) is 13.0 Å². The van der Waals surface area contributed by atoms with Gasteiger partial charge in [0.15, 0.2) is 0 Å². The lowest BCUT2D eigenvalue weighted by Crippen LogP contribution is -2.27. The first-order valence-electron chi connectivity index (χ1n) is 4.68. The molecule has 2 aliphatic rings. The van der Waals surface area contributed by atoms with Crippen molar-refractivity contribution in [2.75, 3.05) is 7.05 Å². The Kier molecular flexibility index (Phi) is 2.15. The number of likely N-dealkylation sites (N-methyl/N-ethyl adjacent to an activating group) is 1. The second-order valence-corrected chi connectivity index (χ2v) is 3.75. The van der Waals surface area contributed by atoms with Crippen molar-refractivity contribution in [1.82, 2.24) is 4.90 Å². The van der Waals surface area contributed by atoms with E-state index < -0.39 is 5.97 Å². The van der Waals surface area contributed by atoms with Crippen LogP contribution in [0.15, 0.2) is 36.1 Å². The maximum Gasteiger partial charge on any atom is 0.307 e. The van der Waals surface area contributed by atoms with E-state index in [1.807, 2.05) is 25.4 Å². The Morgan fingerprint density at radius 2 is 2.36 bits per heavy atom. The molecule has 2 unspecified atom stereocenters. The standard InChI is InChI=1S/C11H13NO2/c1-12-5-4-9-3-2-8(6-10(9)12)7-11(13)14/h2-6,9-10H,7H2,1H3,(H,13,14). The number of carbonyl (C=O) groups is 1. The zero-order chi connectivity index (χ0) is 10.1. The Morgan fingerprint density at radius 1 is 1.57 bits per heavy atom. The number of hydrogen-bond acceptors (Lipinski definition) is 2. The van der Waals surface area contributed by atoms with Crippen molar-refractivity contribution in [3.05, 3.63) is 36.1 Å². The van der Waals surface area contributed by atoms with Crippen molar-refractivity contribution < 1.29 is 9.90 Å². The summed E-state index contributed by atoms with van der Waals surface area (Å²) in [5.41, 5.74) is 0.898. The van der Waals surface area contributed by atoms with Gasteiger partial charge in [0.1, 0.15) is 0 Å². The molecule has 3 heteroatoms. The van der Waals surface area contributed by atoms with Crippen LogP contribution in [0.25, 0.3) is 0 Å². The molecule has 74 valence electrons. The van der Waals surface area contributed by atoms with Crippen molar-refractivity contribution >= 4 is 5.97 Å². The number of aliphatic carboxylic acids is 1. The minimum Gasteiger partial charge on any atom is -0.481 e. The number of carboxylic acids is 1. The monoisotopic (exact) mass is 191 g/mol. The van der Waals surface area contributed by atoms with Crippen molar-refractivity contribution in [2.24, 2.45) is 5.92 Å². The minimum atomic E-state index is -0.770. The number of fused-ring (bicyclic) bond motifs is 1. The Hall–Kier alpha value is -1.51. The molecule has 3 nitrogen and oxygen atoms in total. The summed E-state index contributed by atoms with van der Waals surface area (Å²) in [4.78, 5) is 12.6. The van der Waals surface area contributed by atoms with Gasteiger partial charge in [0.25, 0.3) is 0 Å². The maximum absolute atomic E-state index is 10.5. The van der Waals surface area contributed by atoms with Gasteiger partial charge in [0.05, 0.1) is 12.5 Å². The third kappa shape index (κ3) is 1.58. The van der Waals surface area contributed by atoms with E-state index in [0.29, 0.717) is 12.0 Å². The molecule has 0 radical (unpaired) electrons. The summed E-state index contributed by atoms with van der Waals surface area (Å²) in [6, 6.07) is 0.314. The van der Waals surface area contributed by atoms with Crippen LogP contribution in [0.3, 0.4) is 0 Å². The average Bonchev–Trinajstić information content (AvgIpc) is 2.47. The van der Waals surface area contributed by atoms with Gasteiger partial charge in [-0.3, -0.25) is 4.79 Å². The second-order valence-electron chi connectivity index (χ2n) is 3.75. The molecule has 0 amide bonds. The SMILES string of the molecule is CN1C=CC2C=CC(CC(=O)O)=CC21. The highest BCUT2D eigenvalue weighted by Gasteiger charge is 2.25. The third-order valence-electron chi connectivity index (χ3n) is 2.68. The lowest BCUT2D eigenvalue weighted by molar-refractivity contribution is -0.136. The Labute approximate surface area is 83.0 Å². The predicted octanol–water partition coefficient (Wildman–Crippen LogP) is 1.40. The fourth-order valence-electron chi connectivity index (χ4n) is 1.93. The van der Waals surface area contributed by atoms with Gasteiger partial charge >= 0.3 is 5.97 Å². The molecule has 0 spiro atoms. The highest BCUT2D eigenvalue weighted by Crippen LogP contribution is 2.28. The average molecular weight is 191 g/mol. The summed E-state index contributed by atoms with van der Waals surface area (Å²) in [7, 11) is 2.01. The summed E-state index contributed by atoms with van der Waals surface area (Å²) >= 11 is 0. The number of nitrogens with zero attached hydrogens (tertiary/aromatic N) is 1. The zero-order valence-electron chi connectivity index (χ0n) is 8.05. The van der Waals surface area contributed by atoms with Crippen molar-refractivity contribution in [3.8, 4) is 0 Å². The van der Waals surface area contributed by atoms with E-state index in [0.717, 1.165) is 5.57 Å². The number of hydrogen-bond donors (Lipinski definition) is 1. The van der Waals surface area contributed by atoms with Crippen molar-refractivity contribution in [2.45, 2.75) is 12.5 Å². The number of allylic oxidation sites excluding steroid dienone is 1. The second kappa shape index (κ2) is 3.33. The summed E-state index contributed by atoms with van der Waals surface area (Å²) in [5, 5.41) is 8.67. The van der Waals surface area contributed by atoms with Gasteiger partial charge in [-0.15, -0.1) is 0 Å². The van der Waals surface area contributed by atoms with Crippen LogP contribution in [0.2, 0.25) is 0 Å². The van der Waals surface area contributed by atoms with E-state index in [1.54, 1.807) is 0 Å². The molecule has 1 N–H and O–H groups in total.